The van der Waals surface area contributed by atoms with Gasteiger partial charge in [0.1, 0.15) is 11.6 Å². The minimum Gasteiger partial charge on any atom is -0.384 e. The Kier molecular flexibility index (Phi) is 7.77. The van der Waals surface area contributed by atoms with E-state index in [1.54, 1.807) is 40.9 Å². The van der Waals surface area contributed by atoms with Crippen molar-refractivity contribution in [1.82, 2.24) is 0 Å². The smallest absolute Gasteiger partial charge is 0.161 e. The van der Waals surface area contributed by atoms with E-state index >= 15 is 0 Å². The van der Waals surface area contributed by atoms with E-state index in [0.29, 0.717) is 51.9 Å². The van der Waals surface area contributed by atoms with Crippen LogP contribution in [0, 0.1) is 31.0 Å². The van der Waals surface area contributed by atoms with Crippen molar-refractivity contribution in [2.45, 2.75) is 49.7 Å². The number of hydrogen-bond acceptors (Lipinski definition) is 5. The third-order valence-corrected chi connectivity index (χ3v) is 9.05. The van der Waals surface area contributed by atoms with Gasteiger partial charge < -0.3 is 5.73 Å². The molecule has 0 radical (unpaired) electrons. The van der Waals surface area contributed by atoms with Crippen molar-refractivity contribution in [3.63, 3.8) is 0 Å². The van der Waals surface area contributed by atoms with Gasteiger partial charge in [-0.05, 0) is 79.8 Å². The number of allylic oxidation sites excluding steroid dienone is 3. The molecule has 0 saturated heterocycles. The highest BCUT2D eigenvalue weighted by atomic mass is 35.5. The fourth-order valence-corrected chi connectivity index (χ4v) is 7.01. The first kappa shape index (κ1) is 27.3. The molecule has 1 heterocycles. The quantitative estimate of drug-likeness (QED) is 0.308. The van der Waals surface area contributed by atoms with E-state index in [9.17, 15) is 14.4 Å². The van der Waals surface area contributed by atoms with Gasteiger partial charge in [-0.1, -0.05) is 47.0 Å². The van der Waals surface area contributed by atoms with Crippen LogP contribution in [-0.4, -0.2) is 5.78 Å². The molecule has 3 aromatic rings. The number of anilines is 1. The minimum absolute atomic E-state index is 0.00885. The number of aryl methyl sites for hydroxylation is 1. The summed E-state index contributed by atoms with van der Waals surface area (Å²) >= 11 is 14.2. The lowest BCUT2D eigenvalue weighted by atomic mass is 9.73. The van der Waals surface area contributed by atoms with E-state index in [2.05, 4.69) is 12.1 Å². The Morgan fingerprint density at radius 1 is 1.13 bits per heavy atom. The monoisotopic (exact) mass is 577 g/mol. The van der Waals surface area contributed by atoms with Crippen LogP contribution < -0.4 is 10.6 Å². The Morgan fingerprint density at radius 2 is 1.92 bits per heavy atom. The number of nitrogens with zero attached hydrogens (tertiary/aromatic N) is 2. The Hall–Kier alpha value is -3.24. The molecule has 0 fully saturated rings. The van der Waals surface area contributed by atoms with Gasteiger partial charge in [-0.25, -0.2) is 4.39 Å². The van der Waals surface area contributed by atoms with Gasteiger partial charge in [-0.3, -0.25) is 9.69 Å². The van der Waals surface area contributed by atoms with Crippen LogP contribution in [0.25, 0.3) is 0 Å². The van der Waals surface area contributed by atoms with Crippen LogP contribution in [0.2, 0.25) is 10.0 Å². The maximum atomic E-state index is 14.2. The van der Waals surface area contributed by atoms with Gasteiger partial charge in [0.2, 0.25) is 0 Å². The van der Waals surface area contributed by atoms with Crippen molar-refractivity contribution in [1.29, 1.82) is 5.26 Å². The summed E-state index contributed by atoms with van der Waals surface area (Å²) in [6, 6.07) is 17.9. The Balaban J connectivity index is 1.64. The van der Waals surface area contributed by atoms with E-state index in [-0.39, 0.29) is 11.6 Å². The van der Waals surface area contributed by atoms with Crippen molar-refractivity contribution < 1.29 is 9.18 Å². The van der Waals surface area contributed by atoms with Gasteiger partial charge in [0.05, 0.1) is 28.3 Å². The summed E-state index contributed by atoms with van der Waals surface area (Å²) in [6.07, 6.45) is 1.67. The molecule has 0 saturated carbocycles. The summed E-state index contributed by atoms with van der Waals surface area (Å²) in [7, 11) is 0. The molecule has 4 nitrogen and oxygen atoms in total. The molecule has 1 atom stereocenters. The first-order valence-corrected chi connectivity index (χ1v) is 14.3. The second-order valence-electron chi connectivity index (χ2n) is 9.80. The summed E-state index contributed by atoms with van der Waals surface area (Å²) in [5.41, 5.74) is 12.7. The van der Waals surface area contributed by atoms with Crippen LogP contribution >= 0.6 is 35.0 Å². The zero-order valence-corrected chi connectivity index (χ0v) is 23.9. The van der Waals surface area contributed by atoms with Gasteiger partial charge in [-0.15, -0.1) is 11.8 Å². The Labute approximate surface area is 241 Å². The number of Topliss-reactive ketones (excluding diaryl/α,β-unsaturated/α-hetero) is 1. The molecule has 8 heteroatoms. The van der Waals surface area contributed by atoms with Crippen LogP contribution in [-0.2, 0) is 10.5 Å². The maximum Gasteiger partial charge on any atom is 0.161 e. The van der Waals surface area contributed by atoms with Crippen molar-refractivity contribution in [3.05, 3.63) is 115 Å². The van der Waals surface area contributed by atoms with Crippen molar-refractivity contribution in [2.24, 2.45) is 5.73 Å². The van der Waals surface area contributed by atoms with E-state index in [1.165, 1.54) is 12.1 Å². The molecule has 1 aliphatic carbocycles. The molecule has 39 heavy (non-hydrogen) atoms. The normalized spacial score (nSPS) is 17.4. The maximum absolute atomic E-state index is 14.2. The SMILES string of the molecule is Cc1cc(CSc2cc(Cl)ccc2Cl)c(C)c(C2C(C#N)=C(N)N(c3cccc(F)c3)C3=C2C(=O)CCC3)c1. The van der Waals surface area contributed by atoms with E-state index in [4.69, 9.17) is 28.9 Å². The molecule has 1 unspecified atom stereocenters. The predicted octanol–water partition coefficient (Wildman–Crippen LogP) is 8.35. The van der Waals surface area contributed by atoms with Crippen LogP contribution in [0.15, 0.2) is 82.2 Å². The van der Waals surface area contributed by atoms with Crippen molar-refractivity contribution in [3.8, 4) is 6.07 Å². The second kappa shape index (κ2) is 11.1. The highest BCUT2D eigenvalue weighted by molar-refractivity contribution is 7.98. The predicted molar refractivity (Wildman–Crippen MR) is 156 cm³/mol. The first-order valence-electron chi connectivity index (χ1n) is 12.6. The van der Waals surface area contributed by atoms with Gasteiger partial charge in [-0.2, -0.15) is 5.26 Å². The number of carbonyl (C=O) groups is 1. The van der Waals surface area contributed by atoms with Crippen molar-refractivity contribution >= 4 is 46.4 Å². The third-order valence-electron chi connectivity index (χ3n) is 7.27. The highest BCUT2D eigenvalue weighted by Crippen LogP contribution is 2.48. The van der Waals surface area contributed by atoms with Gasteiger partial charge >= 0.3 is 0 Å². The van der Waals surface area contributed by atoms with Crippen LogP contribution in [0.1, 0.15) is 47.4 Å². The number of thioether (sulfide) groups is 1. The average molecular weight is 579 g/mol. The summed E-state index contributed by atoms with van der Waals surface area (Å²) < 4.78 is 14.2. The molecular formula is C31H26Cl2FN3OS. The van der Waals surface area contributed by atoms with Crippen LogP contribution in [0.4, 0.5) is 10.1 Å². The Bertz CT molecular complexity index is 1610. The Morgan fingerprint density at radius 3 is 2.67 bits per heavy atom. The first-order chi connectivity index (χ1) is 18.7. The molecule has 2 N–H and O–H groups in total. The molecular weight excluding hydrogens is 552 g/mol. The summed E-state index contributed by atoms with van der Waals surface area (Å²) in [5, 5.41) is 11.6. The molecule has 1 aliphatic heterocycles. The van der Waals surface area contributed by atoms with Gasteiger partial charge in [0, 0.05) is 33.4 Å². The largest absolute Gasteiger partial charge is 0.384 e. The molecule has 0 amide bonds. The summed E-state index contributed by atoms with van der Waals surface area (Å²) in [4.78, 5) is 16.1. The molecule has 5 rings (SSSR count). The second-order valence-corrected chi connectivity index (χ2v) is 11.7. The van der Waals surface area contributed by atoms with Crippen molar-refractivity contribution in [2.75, 3.05) is 4.90 Å². The number of nitrogens with two attached hydrogens (primary N) is 1. The van der Waals surface area contributed by atoms with E-state index in [0.717, 1.165) is 32.8 Å². The lowest BCUT2D eigenvalue weighted by Gasteiger charge is -2.40. The number of halogens is 3. The fourth-order valence-electron chi connectivity index (χ4n) is 5.46. The molecule has 2 aliphatic rings. The number of rotatable bonds is 5. The highest BCUT2D eigenvalue weighted by Gasteiger charge is 2.41. The average Bonchev–Trinajstić information content (AvgIpc) is 2.90. The topological polar surface area (TPSA) is 70.1 Å². The van der Waals surface area contributed by atoms with E-state index < -0.39 is 11.7 Å². The number of benzene rings is 3. The number of hydrogen-bond donors (Lipinski definition) is 1. The zero-order chi connectivity index (χ0) is 27.8. The lowest BCUT2D eigenvalue weighted by molar-refractivity contribution is -0.116. The molecule has 0 spiro atoms. The number of carbonyl (C=O) groups excluding carboxylic acids is 1. The van der Waals surface area contributed by atoms with E-state index in [1.807, 2.05) is 26.0 Å². The number of ketones is 1. The van der Waals surface area contributed by atoms with Crippen LogP contribution in [0.5, 0.6) is 0 Å². The lowest BCUT2D eigenvalue weighted by Crippen LogP contribution is -2.39. The molecule has 0 bridgehead atoms. The summed E-state index contributed by atoms with van der Waals surface area (Å²) in [5.74, 6) is -0.166. The van der Waals surface area contributed by atoms with Gasteiger partial charge in [0.25, 0.3) is 0 Å². The minimum atomic E-state index is -0.596. The third kappa shape index (κ3) is 5.19. The summed E-state index contributed by atoms with van der Waals surface area (Å²) in [6.45, 7) is 4.02. The van der Waals surface area contributed by atoms with Crippen LogP contribution in [0.3, 0.4) is 0 Å². The fraction of sp³-hybridized carbons (Fsp3) is 0.226. The standard InChI is InChI=1S/C31H26Cl2FN3OS/c1-17-11-19(16-39-28-13-20(32)9-10-25(28)33)18(2)23(12-17)29-24(15-35)31(36)37(22-6-3-5-21(34)14-22)26-7-4-8-27(38)30(26)29/h3,5-6,9-14,29H,4,7-8,16,36H2,1-2H3. The molecule has 3 aromatic carbocycles. The molecule has 198 valence electrons. The molecule has 0 aromatic heterocycles. The zero-order valence-electron chi connectivity index (χ0n) is 21.5. The number of nitriles is 1. The van der Waals surface area contributed by atoms with Gasteiger partial charge in [0.15, 0.2) is 5.78 Å².